The predicted molar refractivity (Wildman–Crippen MR) is 75.0 cm³/mol. The summed E-state index contributed by atoms with van der Waals surface area (Å²) in [6.07, 6.45) is 0. The highest BCUT2D eigenvalue weighted by Gasteiger charge is 2.26. The number of ether oxygens (including phenoxy) is 1. The van der Waals surface area contributed by atoms with E-state index in [0.29, 0.717) is 16.2 Å². The average Bonchev–Trinajstić information content (AvgIpc) is 2.87. The molecule has 0 amide bonds. The molecule has 19 heavy (non-hydrogen) atoms. The van der Waals surface area contributed by atoms with E-state index >= 15 is 0 Å². The maximum absolute atomic E-state index is 12.5. The largest absolute Gasteiger partial charge is 0.497 e. The molecule has 0 N–H and O–H groups in total. The van der Waals surface area contributed by atoms with Gasteiger partial charge in [-0.15, -0.1) is 5.10 Å². The first-order valence-corrected chi connectivity index (χ1v) is 6.72. The predicted octanol–water partition coefficient (Wildman–Crippen LogP) is 3.08. The van der Waals surface area contributed by atoms with Gasteiger partial charge in [-0.2, -0.15) is 0 Å². The van der Waals surface area contributed by atoms with Crippen molar-refractivity contribution in [2.24, 2.45) is 0 Å². The normalized spacial score (nSPS) is 11.4. The summed E-state index contributed by atoms with van der Waals surface area (Å²) in [4.78, 5) is 13.1. The van der Waals surface area contributed by atoms with Gasteiger partial charge in [0.15, 0.2) is 0 Å². The molecule has 0 aliphatic carbocycles. The molecule has 1 aromatic carbocycles. The summed E-state index contributed by atoms with van der Waals surface area (Å²) >= 11 is 1.14. The number of carbonyl (C=O) groups excluding carboxylic acids is 1. The summed E-state index contributed by atoms with van der Waals surface area (Å²) in [7, 11) is 1.58. The number of carbonyl (C=O) groups is 1. The molecule has 1 aromatic heterocycles. The number of ketones is 1. The quantitative estimate of drug-likeness (QED) is 0.808. The minimum Gasteiger partial charge on any atom is -0.497 e. The lowest BCUT2D eigenvalue weighted by atomic mass is 9.90. The fourth-order valence-electron chi connectivity index (χ4n) is 1.73. The zero-order valence-electron chi connectivity index (χ0n) is 11.4. The molecule has 2 aromatic rings. The number of nitrogens with zero attached hydrogens (tertiary/aromatic N) is 2. The molecule has 0 spiro atoms. The summed E-state index contributed by atoms with van der Waals surface area (Å²) in [5.74, 6) is 0.611. The van der Waals surface area contributed by atoms with Gasteiger partial charge in [0.25, 0.3) is 0 Å². The van der Waals surface area contributed by atoms with Crippen molar-refractivity contribution in [2.45, 2.75) is 26.2 Å². The molecular formula is C14H16N2O2S. The lowest BCUT2D eigenvalue weighted by Crippen LogP contribution is -2.16. The van der Waals surface area contributed by atoms with E-state index < -0.39 is 0 Å². The molecule has 0 aliphatic rings. The van der Waals surface area contributed by atoms with Gasteiger partial charge < -0.3 is 4.74 Å². The first-order chi connectivity index (χ1) is 8.93. The van der Waals surface area contributed by atoms with E-state index in [9.17, 15) is 4.79 Å². The number of rotatable bonds is 3. The monoisotopic (exact) mass is 276 g/mol. The zero-order chi connectivity index (χ0) is 14.0. The number of benzene rings is 1. The number of methoxy groups -OCH3 is 1. The molecule has 100 valence electrons. The van der Waals surface area contributed by atoms with Gasteiger partial charge in [-0.25, -0.2) is 0 Å². The maximum atomic E-state index is 12.5. The number of aromatic nitrogens is 2. The van der Waals surface area contributed by atoms with Crippen LogP contribution in [0.4, 0.5) is 0 Å². The molecule has 0 radical (unpaired) electrons. The van der Waals surface area contributed by atoms with Crippen LogP contribution in [0.15, 0.2) is 24.3 Å². The Morgan fingerprint density at radius 1 is 1.32 bits per heavy atom. The molecule has 0 bridgehead atoms. The fraction of sp³-hybridized carbons (Fsp3) is 0.357. The van der Waals surface area contributed by atoms with E-state index in [2.05, 4.69) is 9.59 Å². The Balaban J connectivity index is 2.42. The molecule has 0 saturated carbocycles. The van der Waals surface area contributed by atoms with E-state index in [1.807, 2.05) is 26.8 Å². The van der Waals surface area contributed by atoms with Crippen molar-refractivity contribution in [1.82, 2.24) is 9.59 Å². The summed E-state index contributed by atoms with van der Waals surface area (Å²) in [6.45, 7) is 6.06. The third kappa shape index (κ3) is 2.81. The van der Waals surface area contributed by atoms with Crippen LogP contribution in [-0.2, 0) is 5.41 Å². The van der Waals surface area contributed by atoms with E-state index in [1.165, 1.54) is 0 Å². The first kappa shape index (κ1) is 13.7. The molecule has 2 rings (SSSR count). The summed E-state index contributed by atoms with van der Waals surface area (Å²) in [6, 6.07) is 7.12. The van der Waals surface area contributed by atoms with Gasteiger partial charge in [0.2, 0.25) is 5.78 Å². The van der Waals surface area contributed by atoms with Crippen molar-refractivity contribution in [3.8, 4) is 5.75 Å². The van der Waals surface area contributed by atoms with Gasteiger partial charge in [0.1, 0.15) is 10.6 Å². The Morgan fingerprint density at radius 2 is 2.05 bits per heavy atom. The Labute approximate surface area is 116 Å². The van der Waals surface area contributed by atoms with Crippen LogP contribution in [0.25, 0.3) is 0 Å². The first-order valence-electron chi connectivity index (χ1n) is 5.95. The van der Waals surface area contributed by atoms with Crippen molar-refractivity contribution in [3.05, 3.63) is 40.4 Å². The second-order valence-corrected chi connectivity index (χ2v) is 6.02. The third-order valence-corrected chi connectivity index (χ3v) is 3.46. The minimum absolute atomic E-state index is 0.0566. The molecule has 0 aliphatic heterocycles. The van der Waals surface area contributed by atoms with Crippen LogP contribution in [0.2, 0.25) is 0 Å². The number of hydrogen-bond donors (Lipinski definition) is 0. The number of hydrogen-bond acceptors (Lipinski definition) is 5. The van der Waals surface area contributed by atoms with Crippen molar-refractivity contribution in [1.29, 1.82) is 0 Å². The lowest BCUT2D eigenvalue weighted by Gasteiger charge is -2.16. The molecule has 1 heterocycles. The standard InChI is InChI=1S/C14H16N2O2S/c1-14(2,3)13-12(19-16-15-13)11(17)9-6-5-7-10(8-9)18-4/h5-8H,1-4H3. The summed E-state index contributed by atoms with van der Waals surface area (Å²) in [5.41, 5.74) is 1.14. The van der Waals surface area contributed by atoms with Crippen LogP contribution in [0, 0.1) is 0 Å². The highest BCUT2D eigenvalue weighted by molar-refractivity contribution is 7.08. The van der Waals surface area contributed by atoms with Crippen LogP contribution < -0.4 is 4.74 Å². The molecule has 0 saturated heterocycles. The summed E-state index contributed by atoms with van der Waals surface area (Å²) < 4.78 is 9.06. The molecule has 5 heteroatoms. The lowest BCUT2D eigenvalue weighted by molar-refractivity contribution is 0.104. The second-order valence-electron chi connectivity index (χ2n) is 5.26. The highest BCUT2D eigenvalue weighted by Crippen LogP contribution is 2.28. The Kier molecular flexibility index (Phi) is 3.66. The van der Waals surface area contributed by atoms with Crippen LogP contribution in [-0.4, -0.2) is 22.5 Å². The third-order valence-electron chi connectivity index (χ3n) is 2.74. The van der Waals surface area contributed by atoms with Gasteiger partial charge in [-0.1, -0.05) is 37.4 Å². The van der Waals surface area contributed by atoms with E-state index in [-0.39, 0.29) is 11.2 Å². The van der Waals surface area contributed by atoms with Crippen molar-refractivity contribution >= 4 is 17.3 Å². The van der Waals surface area contributed by atoms with Crippen LogP contribution in [0.1, 0.15) is 41.7 Å². The summed E-state index contributed by atoms with van der Waals surface area (Å²) in [5, 5.41) is 4.09. The second kappa shape index (κ2) is 5.09. The van der Waals surface area contributed by atoms with Crippen LogP contribution in [0.5, 0.6) is 5.75 Å². The molecule has 0 fully saturated rings. The van der Waals surface area contributed by atoms with Gasteiger partial charge in [0.05, 0.1) is 12.8 Å². The Morgan fingerprint density at radius 3 is 2.68 bits per heavy atom. The van der Waals surface area contributed by atoms with Crippen LogP contribution >= 0.6 is 11.5 Å². The van der Waals surface area contributed by atoms with Crippen molar-refractivity contribution in [2.75, 3.05) is 7.11 Å². The van der Waals surface area contributed by atoms with E-state index in [0.717, 1.165) is 17.2 Å². The molecule has 0 atom stereocenters. The average molecular weight is 276 g/mol. The maximum Gasteiger partial charge on any atom is 0.206 e. The Hall–Kier alpha value is -1.75. The highest BCUT2D eigenvalue weighted by atomic mass is 32.1. The molecule has 4 nitrogen and oxygen atoms in total. The molecular weight excluding hydrogens is 260 g/mol. The van der Waals surface area contributed by atoms with Crippen molar-refractivity contribution < 1.29 is 9.53 Å². The minimum atomic E-state index is -0.198. The SMILES string of the molecule is COc1cccc(C(=O)c2snnc2C(C)(C)C)c1. The smallest absolute Gasteiger partial charge is 0.206 e. The molecule has 0 unspecified atom stereocenters. The van der Waals surface area contributed by atoms with Gasteiger partial charge in [-0.05, 0) is 23.7 Å². The fourth-order valence-corrected chi connectivity index (χ4v) is 2.56. The van der Waals surface area contributed by atoms with E-state index in [4.69, 9.17) is 4.74 Å². The van der Waals surface area contributed by atoms with Gasteiger partial charge >= 0.3 is 0 Å². The zero-order valence-corrected chi connectivity index (χ0v) is 12.2. The van der Waals surface area contributed by atoms with Gasteiger partial charge in [-0.3, -0.25) is 4.79 Å². The van der Waals surface area contributed by atoms with Gasteiger partial charge in [0, 0.05) is 11.0 Å². The van der Waals surface area contributed by atoms with Crippen molar-refractivity contribution in [3.63, 3.8) is 0 Å². The van der Waals surface area contributed by atoms with E-state index in [1.54, 1.807) is 25.3 Å². The van der Waals surface area contributed by atoms with Crippen LogP contribution in [0.3, 0.4) is 0 Å². The Bertz CT molecular complexity index is 599. The topological polar surface area (TPSA) is 52.1 Å².